The standard InChI is InChI=1S/C21H31N3O2/c25-20-7-5-19(6-8-20)23-13-11-22(12-14-23)16-21(26)24-10-9-17-3-1-2-4-18(17)15-24/h5-8,17-18,25H,1-4,9-16H2/p+1/t17-,18-/m0/s1. The van der Waals surface area contributed by atoms with Crippen molar-refractivity contribution in [3.8, 4) is 5.75 Å². The summed E-state index contributed by atoms with van der Waals surface area (Å²) < 4.78 is 0. The molecule has 2 N–H and O–H groups in total. The van der Waals surface area contributed by atoms with Gasteiger partial charge in [0.2, 0.25) is 0 Å². The van der Waals surface area contributed by atoms with Gasteiger partial charge in [0.1, 0.15) is 5.75 Å². The van der Waals surface area contributed by atoms with Crippen molar-refractivity contribution in [2.24, 2.45) is 11.8 Å². The fraction of sp³-hybridized carbons (Fsp3) is 0.667. The minimum atomic E-state index is 0.311. The van der Waals surface area contributed by atoms with Gasteiger partial charge in [-0.1, -0.05) is 19.3 Å². The Labute approximate surface area is 156 Å². The monoisotopic (exact) mass is 358 g/mol. The largest absolute Gasteiger partial charge is 0.508 e. The Morgan fingerprint density at radius 2 is 1.69 bits per heavy atom. The molecule has 3 fully saturated rings. The van der Waals surface area contributed by atoms with Crippen molar-refractivity contribution in [2.45, 2.75) is 32.1 Å². The number of benzene rings is 1. The Morgan fingerprint density at radius 1 is 1.00 bits per heavy atom. The molecular formula is C21H32N3O2+. The molecule has 1 amide bonds. The smallest absolute Gasteiger partial charge is 0.277 e. The van der Waals surface area contributed by atoms with Crippen LogP contribution in [0.5, 0.6) is 5.75 Å². The molecule has 4 rings (SSSR count). The molecule has 26 heavy (non-hydrogen) atoms. The highest BCUT2D eigenvalue weighted by molar-refractivity contribution is 5.77. The predicted octanol–water partition coefficient (Wildman–Crippen LogP) is 1.14. The number of carbonyl (C=O) groups excluding carboxylic acids is 1. The molecule has 2 atom stereocenters. The van der Waals surface area contributed by atoms with Crippen LogP contribution < -0.4 is 9.80 Å². The molecule has 0 radical (unpaired) electrons. The van der Waals surface area contributed by atoms with E-state index in [1.54, 1.807) is 12.1 Å². The number of fused-ring (bicyclic) bond motifs is 1. The van der Waals surface area contributed by atoms with Gasteiger partial charge < -0.3 is 19.8 Å². The number of aromatic hydroxyl groups is 1. The topological polar surface area (TPSA) is 48.2 Å². The van der Waals surface area contributed by atoms with Crippen molar-refractivity contribution in [1.82, 2.24) is 4.90 Å². The summed E-state index contributed by atoms with van der Waals surface area (Å²) in [5.74, 6) is 2.32. The second-order valence-electron chi connectivity index (χ2n) is 8.36. The zero-order chi connectivity index (χ0) is 17.9. The van der Waals surface area contributed by atoms with Crippen molar-refractivity contribution in [1.29, 1.82) is 0 Å². The summed E-state index contributed by atoms with van der Waals surface area (Å²) in [7, 11) is 0. The molecule has 142 valence electrons. The number of piperazine rings is 1. The molecule has 1 saturated carbocycles. The van der Waals surface area contributed by atoms with E-state index in [1.165, 1.54) is 37.0 Å². The Balaban J connectivity index is 1.25. The number of nitrogens with one attached hydrogen (secondary N) is 1. The number of amides is 1. The molecule has 5 nitrogen and oxygen atoms in total. The maximum atomic E-state index is 12.8. The molecule has 5 heteroatoms. The van der Waals surface area contributed by atoms with Gasteiger partial charge in [-0.3, -0.25) is 4.79 Å². The lowest BCUT2D eigenvalue weighted by Crippen LogP contribution is -3.16. The third-order valence-electron chi connectivity index (χ3n) is 6.73. The van der Waals surface area contributed by atoms with Crippen molar-refractivity contribution >= 4 is 11.6 Å². The molecular weight excluding hydrogens is 326 g/mol. The molecule has 1 aromatic carbocycles. The fourth-order valence-electron chi connectivity index (χ4n) is 5.07. The molecule has 0 aromatic heterocycles. The van der Waals surface area contributed by atoms with Crippen LogP contribution in [0.25, 0.3) is 0 Å². The predicted molar refractivity (Wildman–Crippen MR) is 103 cm³/mol. The number of piperidine rings is 1. The minimum absolute atomic E-state index is 0.311. The van der Waals surface area contributed by atoms with Crippen LogP contribution in [0.4, 0.5) is 5.69 Å². The van der Waals surface area contributed by atoms with Crippen LogP contribution >= 0.6 is 0 Å². The van der Waals surface area contributed by atoms with Crippen molar-refractivity contribution in [2.75, 3.05) is 50.7 Å². The minimum Gasteiger partial charge on any atom is -0.508 e. The number of likely N-dealkylation sites (tertiary alicyclic amines) is 1. The van der Waals surface area contributed by atoms with E-state index >= 15 is 0 Å². The number of phenols is 1. The van der Waals surface area contributed by atoms with Crippen molar-refractivity contribution < 1.29 is 14.8 Å². The van der Waals surface area contributed by atoms with E-state index in [0.717, 1.165) is 56.8 Å². The van der Waals surface area contributed by atoms with Crippen LogP contribution in [-0.2, 0) is 4.79 Å². The molecule has 2 aliphatic heterocycles. The zero-order valence-electron chi connectivity index (χ0n) is 15.7. The average Bonchev–Trinajstić information content (AvgIpc) is 2.69. The van der Waals surface area contributed by atoms with E-state index in [1.807, 2.05) is 12.1 Å². The van der Waals surface area contributed by atoms with Gasteiger partial charge in [-0.25, -0.2) is 0 Å². The molecule has 1 aromatic rings. The quantitative estimate of drug-likeness (QED) is 0.852. The van der Waals surface area contributed by atoms with E-state index < -0.39 is 0 Å². The van der Waals surface area contributed by atoms with E-state index in [9.17, 15) is 9.90 Å². The number of rotatable bonds is 3. The number of nitrogens with zero attached hydrogens (tertiary/aromatic N) is 2. The van der Waals surface area contributed by atoms with Crippen LogP contribution in [0, 0.1) is 11.8 Å². The van der Waals surface area contributed by atoms with Gasteiger partial charge >= 0.3 is 0 Å². The van der Waals surface area contributed by atoms with Crippen LogP contribution in [0.2, 0.25) is 0 Å². The Morgan fingerprint density at radius 3 is 2.42 bits per heavy atom. The number of hydrogen-bond donors (Lipinski definition) is 2. The maximum Gasteiger partial charge on any atom is 0.277 e. The van der Waals surface area contributed by atoms with Crippen LogP contribution in [-0.4, -0.2) is 61.7 Å². The Hall–Kier alpha value is -1.75. The molecule has 0 unspecified atom stereocenters. The second kappa shape index (κ2) is 7.87. The van der Waals surface area contributed by atoms with Crippen LogP contribution in [0.1, 0.15) is 32.1 Å². The summed E-state index contributed by atoms with van der Waals surface area (Å²) in [6.45, 7) is 6.60. The molecule has 3 aliphatic rings. The first-order valence-electron chi connectivity index (χ1n) is 10.3. The maximum absolute atomic E-state index is 12.8. The lowest BCUT2D eigenvalue weighted by atomic mass is 9.75. The molecule has 1 aliphatic carbocycles. The summed E-state index contributed by atoms with van der Waals surface area (Å²) >= 11 is 0. The first kappa shape index (κ1) is 17.7. The van der Waals surface area contributed by atoms with Crippen LogP contribution in [0.15, 0.2) is 24.3 Å². The van der Waals surface area contributed by atoms with Crippen molar-refractivity contribution in [3.63, 3.8) is 0 Å². The van der Waals surface area contributed by atoms with Crippen molar-refractivity contribution in [3.05, 3.63) is 24.3 Å². The highest BCUT2D eigenvalue weighted by atomic mass is 16.3. The third kappa shape index (κ3) is 3.98. The summed E-state index contributed by atoms with van der Waals surface area (Å²) in [4.78, 5) is 18.7. The average molecular weight is 359 g/mol. The number of quaternary nitrogens is 1. The summed E-state index contributed by atoms with van der Waals surface area (Å²) in [6, 6.07) is 7.43. The zero-order valence-corrected chi connectivity index (χ0v) is 15.7. The van der Waals surface area contributed by atoms with Gasteiger partial charge in [0, 0.05) is 18.8 Å². The van der Waals surface area contributed by atoms with Gasteiger partial charge in [-0.15, -0.1) is 0 Å². The normalized spacial score (nSPS) is 27.2. The first-order valence-corrected chi connectivity index (χ1v) is 10.3. The molecule has 0 spiro atoms. The van der Waals surface area contributed by atoms with E-state index in [-0.39, 0.29) is 0 Å². The van der Waals surface area contributed by atoms with Gasteiger partial charge in [-0.05, 0) is 48.9 Å². The molecule has 2 heterocycles. The van der Waals surface area contributed by atoms with Gasteiger partial charge in [0.05, 0.1) is 26.2 Å². The highest BCUT2D eigenvalue weighted by Gasteiger charge is 2.34. The number of carbonyl (C=O) groups is 1. The first-order chi connectivity index (χ1) is 12.7. The van der Waals surface area contributed by atoms with Gasteiger partial charge in [0.25, 0.3) is 5.91 Å². The summed E-state index contributed by atoms with van der Waals surface area (Å²) in [6.07, 6.45) is 6.68. The summed E-state index contributed by atoms with van der Waals surface area (Å²) in [5, 5.41) is 9.43. The molecule has 0 bridgehead atoms. The summed E-state index contributed by atoms with van der Waals surface area (Å²) in [5.41, 5.74) is 1.16. The van der Waals surface area contributed by atoms with Crippen LogP contribution in [0.3, 0.4) is 0 Å². The number of phenolic OH excluding ortho intramolecular Hbond substituents is 1. The lowest BCUT2D eigenvalue weighted by molar-refractivity contribution is -0.892. The second-order valence-corrected chi connectivity index (χ2v) is 8.36. The van der Waals surface area contributed by atoms with E-state index in [4.69, 9.17) is 0 Å². The fourth-order valence-corrected chi connectivity index (χ4v) is 5.07. The lowest BCUT2D eigenvalue weighted by Gasteiger charge is -2.41. The molecule has 2 saturated heterocycles. The third-order valence-corrected chi connectivity index (χ3v) is 6.73. The van der Waals surface area contributed by atoms with E-state index in [2.05, 4.69) is 9.80 Å². The number of hydrogen-bond acceptors (Lipinski definition) is 3. The highest BCUT2D eigenvalue weighted by Crippen LogP contribution is 2.35. The SMILES string of the molecule is O=C(C[NH+]1CCN(c2ccc(O)cc2)CC1)N1CC[C@@H]2CCCC[C@H]2C1. The van der Waals surface area contributed by atoms with E-state index in [0.29, 0.717) is 18.2 Å². The van der Waals surface area contributed by atoms with Gasteiger partial charge in [0.15, 0.2) is 6.54 Å². The number of anilines is 1. The van der Waals surface area contributed by atoms with Gasteiger partial charge in [-0.2, -0.15) is 0 Å². The Kier molecular flexibility index (Phi) is 5.34. The Bertz CT molecular complexity index is 610.